The Morgan fingerprint density at radius 1 is 1.35 bits per heavy atom. The molecule has 0 saturated carbocycles. The smallest absolute Gasteiger partial charge is 0.266 e. The molecule has 1 N–H and O–H groups in total. The fraction of sp³-hybridized carbons (Fsp3) is 0.125. The van der Waals surface area contributed by atoms with Gasteiger partial charge < -0.3 is 5.32 Å². The second kappa shape index (κ2) is 6.69. The summed E-state index contributed by atoms with van der Waals surface area (Å²) in [7, 11) is 0. The summed E-state index contributed by atoms with van der Waals surface area (Å²) in [6.45, 7) is 2.07. The number of hydrogen-bond acceptors (Lipinski definition) is 3. The molecule has 3 nitrogen and oxygen atoms in total. The fourth-order valence-electron chi connectivity index (χ4n) is 1.69. The summed E-state index contributed by atoms with van der Waals surface area (Å²) in [4.78, 5) is 12.0. The molecule has 20 heavy (non-hydrogen) atoms. The van der Waals surface area contributed by atoms with Crippen molar-refractivity contribution in [3.63, 3.8) is 0 Å². The molecule has 0 aliphatic carbocycles. The fourth-order valence-corrected chi connectivity index (χ4v) is 2.31. The normalized spacial score (nSPS) is 10.9. The number of nitrogens with zero attached hydrogens (tertiary/aromatic N) is 1. The van der Waals surface area contributed by atoms with Crippen molar-refractivity contribution in [1.29, 1.82) is 5.26 Å². The maximum atomic E-state index is 12.0. The van der Waals surface area contributed by atoms with Gasteiger partial charge in [0, 0.05) is 5.69 Å². The van der Waals surface area contributed by atoms with E-state index in [2.05, 4.69) is 12.2 Å². The molecule has 1 amide bonds. The third kappa shape index (κ3) is 3.56. The molecule has 1 heterocycles. The molecule has 0 spiro atoms. The number of thiophene rings is 1. The Kier molecular flexibility index (Phi) is 4.70. The molecule has 0 unspecified atom stereocenters. The summed E-state index contributed by atoms with van der Waals surface area (Å²) >= 11 is 1.53. The topological polar surface area (TPSA) is 52.9 Å². The molecule has 0 aliphatic heterocycles. The first kappa shape index (κ1) is 14.0. The maximum absolute atomic E-state index is 12.0. The molecule has 4 heteroatoms. The first-order valence-corrected chi connectivity index (χ1v) is 7.21. The zero-order valence-electron chi connectivity index (χ0n) is 11.1. The van der Waals surface area contributed by atoms with Crippen molar-refractivity contribution in [2.75, 3.05) is 5.32 Å². The monoisotopic (exact) mass is 282 g/mol. The molecule has 0 fully saturated rings. The minimum Gasteiger partial charge on any atom is -0.321 e. The summed E-state index contributed by atoms with van der Waals surface area (Å²) in [6, 6.07) is 11.4. The van der Waals surface area contributed by atoms with Crippen molar-refractivity contribution in [2.45, 2.75) is 13.3 Å². The number of carbonyl (C=O) groups excluding carboxylic acids is 1. The Hall–Kier alpha value is -2.38. The molecule has 100 valence electrons. The van der Waals surface area contributed by atoms with Gasteiger partial charge in [-0.1, -0.05) is 19.1 Å². The quantitative estimate of drug-likeness (QED) is 0.684. The van der Waals surface area contributed by atoms with Crippen molar-refractivity contribution in [3.8, 4) is 6.07 Å². The van der Waals surface area contributed by atoms with Crippen LogP contribution in [-0.2, 0) is 11.2 Å². The van der Waals surface area contributed by atoms with E-state index >= 15 is 0 Å². The van der Waals surface area contributed by atoms with Gasteiger partial charge in [0.15, 0.2) is 0 Å². The van der Waals surface area contributed by atoms with Crippen molar-refractivity contribution in [3.05, 3.63) is 57.8 Å². The Labute approximate surface area is 122 Å². The van der Waals surface area contributed by atoms with E-state index in [1.165, 1.54) is 16.9 Å². The molecule has 0 radical (unpaired) electrons. The summed E-state index contributed by atoms with van der Waals surface area (Å²) < 4.78 is 0. The first-order chi connectivity index (χ1) is 9.72. The van der Waals surface area contributed by atoms with Gasteiger partial charge in [0.05, 0.1) is 0 Å². The molecule has 1 aromatic heterocycles. The van der Waals surface area contributed by atoms with E-state index in [-0.39, 0.29) is 11.5 Å². The average molecular weight is 282 g/mol. The third-order valence-electron chi connectivity index (χ3n) is 2.84. The number of aryl methyl sites for hydroxylation is 1. The van der Waals surface area contributed by atoms with Crippen molar-refractivity contribution in [1.82, 2.24) is 0 Å². The second-order valence-corrected chi connectivity index (χ2v) is 5.01. The van der Waals surface area contributed by atoms with Gasteiger partial charge in [-0.15, -0.1) is 0 Å². The molecule has 2 rings (SSSR count). The highest BCUT2D eigenvalue weighted by atomic mass is 32.1. The van der Waals surface area contributed by atoms with Gasteiger partial charge in [-0.05, 0) is 52.6 Å². The predicted octanol–water partition coefficient (Wildman–Crippen LogP) is 3.86. The molecule has 0 saturated heterocycles. The van der Waals surface area contributed by atoms with Crippen molar-refractivity contribution in [2.24, 2.45) is 0 Å². The Bertz CT molecular complexity index is 649. The van der Waals surface area contributed by atoms with E-state index in [1.54, 1.807) is 6.08 Å². The molecule has 0 bridgehead atoms. The minimum atomic E-state index is -0.386. The van der Waals surface area contributed by atoms with Crippen LogP contribution in [0.3, 0.4) is 0 Å². The van der Waals surface area contributed by atoms with Crippen LogP contribution in [0.1, 0.15) is 18.1 Å². The van der Waals surface area contributed by atoms with Gasteiger partial charge in [-0.2, -0.15) is 16.6 Å². The van der Waals surface area contributed by atoms with Gasteiger partial charge in [0.25, 0.3) is 5.91 Å². The number of amides is 1. The number of nitrogens with one attached hydrogen (secondary N) is 1. The van der Waals surface area contributed by atoms with Crippen LogP contribution in [0.25, 0.3) is 6.08 Å². The lowest BCUT2D eigenvalue weighted by atomic mass is 10.1. The Morgan fingerprint density at radius 3 is 2.65 bits per heavy atom. The van der Waals surface area contributed by atoms with Gasteiger partial charge in [0.1, 0.15) is 11.6 Å². The summed E-state index contributed by atoms with van der Waals surface area (Å²) in [5.41, 5.74) is 2.86. The van der Waals surface area contributed by atoms with Crippen LogP contribution >= 0.6 is 11.3 Å². The molecular weight excluding hydrogens is 268 g/mol. The van der Waals surface area contributed by atoms with Crippen LogP contribution in [0.5, 0.6) is 0 Å². The lowest BCUT2D eigenvalue weighted by molar-refractivity contribution is -0.112. The van der Waals surface area contributed by atoms with Crippen LogP contribution in [0.15, 0.2) is 46.7 Å². The maximum Gasteiger partial charge on any atom is 0.266 e. The van der Waals surface area contributed by atoms with Gasteiger partial charge in [-0.25, -0.2) is 0 Å². The van der Waals surface area contributed by atoms with Crippen molar-refractivity contribution >= 4 is 29.0 Å². The zero-order valence-corrected chi connectivity index (χ0v) is 11.9. The highest BCUT2D eigenvalue weighted by Gasteiger charge is 2.09. The number of anilines is 1. The van der Waals surface area contributed by atoms with Gasteiger partial charge >= 0.3 is 0 Å². The number of hydrogen-bond donors (Lipinski definition) is 1. The molecule has 2 aromatic rings. The van der Waals surface area contributed by atoms with Gasteiger partial charge in [0.2, 0.25) is 0 Å². The number of rotatable bonds is 4. The van der Waals surface area contributed by atoms with E-state index < -0.39 is 0 Å². The third-order valence-corrected chi connectivity index (χ3v) is 3.54. The van der Waals surface area contributed by atoms with Crippen LogP contribution in [-0.4, -0.2) is 5.91 Å². The Balaban J connectivity index is 2.11. The summed E-state index contributed by atoms with van der Waals surface area (Å²) in [5, 5.41) is 15.6. The SMILES string of the molecule is CCc1ccc(NC(=O)/C(C#N)=C/c2ccsc2)cc1. The van der Waals surface area contributed by atoms with Crippen molar-refractivity contribution < 1.29 is 4.79 Å². The van der Waals surface area contributed by atoms with E-state index in [0.717, 1.165) is 12.0 Å². The largest absolute Gasteiger partial charge is 0.321 e. The minimum absolute atomic E-state index is 0.1000. The number of carbonyl (C=O) groups is 1. The lowest BCUT2D eigenvalue weighted by Gasteiger charge is -2.05. The standard InChI is InChI=1S/C16H14N2OS/c1-2-12-3-5-15(6-4-12)18-16(19)14(10-17)9-13-7-8-20-11-13/h3-9,11H,2H2,1H3,(H,18,19)/b14-9+. The molecule has 1 aromatic carbocycles. The van der Waals surface area contributed by atoms with E-state index in [0.29, 0.717) is 5.69 Å². The zero-order chi connectivity index (χ0) is 14.4. The average Bonchev–Trinajstić information content (AvgIpc) is 2.98. The van der Waals surface area contributed by atoms with Gasteiger partial charge in [-0.3, -0.25) is 4.79 Å². The van der Waals surface area contributed by atoms with Crippen LogP contribution < -0.4 is 5.32 Å². The lowest BCUT2D eigenvalue weighted by Crippen LogP contribution is -2.13. The van der Waals surface area contributed by atoms with E-state index in [1.807, 2.05) is 47.2 Å². The predicted molar refractivity (Wildman–Crippen MR) is 82.4 cm³/mol. The van der Waals surface area contributed by atoms with Crippen LogP contribution in [0.4, 0.5) is 5.69 Å². The van der Waals surface area contributed by atoms with Crippen LogP contribution in [0, 0.1) is 11.3 Å². The highest BCUT2D eigenvalue weighted by Crippen LogP contribution is 2.14. The summed E-state index contributed by atoms with van der Waals surface area (Å²) in [5.74, 6) is -0.386. The second-order valence-electron chi connectivity index (χ2n) is 4.23. The molecule has 0 aliphatic rings. The highest BCUT2D eigenvalue weighted by molar-refractivity contribution is 7.08. The van der Waals surface area contributed by atoms with E-state index in [4.69, 9.17) is 5.26 Å². The number of benzene rings is 1. The van der Waals surface area contributed by atoms with E-state index in [9.17, 15) is 4.79 Å². The Morgan fingerprint density at radius 2 is 2.10 bits per heavy atom. The first-order valence-electron chi connectivity index (χ1n) is 6.27. The number of nitriles is 1. The molecule has 0 atom stereocenters. The molecular formula is C16H14N2OS. The summed E-state index contributed by atoms with van der Waals surface area (Å²) in [6.07, 6.45) is 2.54. The van der Waals surface area contributed by atoms with Crippen LogP contribution in [0.2, 0.25) is 0 Å².